The van der Waals surface area contributed by atoms with Crippen LogP contribution in [0.15, 0.2) is 53.6 Å². The number of nitrogens with one attached hydrogen (secondary N) is 1. The molecule has 1 aliphatic rings. The Morgan fingerprint density at radius 1 is 1.18 bits per heavy atom. The fourth-order valence-corrected chi connectivity index (χ4v) is 3.56. The molecule has 0 bridgehead atoms. The predicted molar refractivity (Wildman–Crippen MR) is 105 cm³/mol. The zero-order valence-electron chi connectivity index (χ0n) is 15.6. The van der Waals surface area contributed by atoms with Crippen LogP contribution in [-0.4, -0.2) is 44.1 Å². The van der Waals surface area contributed by atoms with E-state index in [4.69, 9.17) is 0 Å². The summed E-state index contributed by atoms with van der Waals surface area (Å²) in [5.74, 6) is 0.0580. The number of H-pyrrole nitrogens is 1. The van der Waals surface area contributed by atoms with Crippen molar-refractivity contribution in [2.75, 3.05) is 13.1 Å². The highest BCUT2D eigenvalue weighted by molar-refractivity contribution is 5.95. The van der Waals surface area contributed by atoms with Crippen LogP contribution in [0, 0.1) is 6.92 Å². The zero-order chi connectivity index (χ0) is 19.5. The summed E-state index contributed by atoms with van der Waals surface area (Å²) in [4.78, 5) is 33.3. The normalized spacial score (nSPS) is 16.8. The molecule has 7 nitrogen and oxygen atoms in total. The maximum atomic E-state index is 13.1. The van der Waals surface area contributed by atoms with Crippen LogP contribution in [0.2, 0.25) is 0 Å². The molecule has 1 amide bonds. The van der Waals surface area contributed by atoms with E-state index in [1.807, 2.05) is 48.2 Å². The summed E-state index contributed by atoms with van der Waals surface area (Å²) in [6, 6.07) is 12.8. The molecule has 7 heteroatoms. The maximum Gasteiger partial charge on any atom is 0.253 e. The number of carbonyl (C=O) groups is 1. The van der Waals surface area contributed by atoms with Gasteiger partial charge >= 0.3 is 0 Å². The molecule has 142 valence electrons. The Hall–Kier alpha value is -3.35. The molecule has 28 heavy (non-hydrogen) atoms. The fraction of sp³-hybridized carbons (Fsp3) is 0.286. The van der Waals surface area contributed by atoms with E-state index in [0.29, 0.717) is 18.7 Å². The quantitative estimate of drug-likeness (QED) is 0.760. The summed E-state index contributed by atoms with van der Waals surface area (Å²) >= 11 is 0. The molecule has 1 N–H and O–H groups in total. The molecule has 0 aliphatic carbocycles. The number of likely N-dealkylation sites (tertiary alicyclic amines) is 1. The van der Waals surface area contributed by atoms with Crippen LogP contribution in [0.4, 0.5) is 0 Å². The maximum absolute atomic E-state index is 13.1. The van der Waals surface area contributed by atoms with Crippen molar-refractivity contribution in [3.05, 3.63) is 76.1 Å². The second-order valence-corrected chi connectivity index (χ2v) is 7.07. The van der Waals surface area contributed by atoms with Crippen LogP contribution in [-0.2, 0) is 0 Å². The van der Waals surface area contributed by atoms with Gasteiger partial charge in [-0.3, -0.25) is 9.59 Å². The first-order chi connectivity index (χ1) is 13.6. The van der Waals surface area contributed by atoms with Crippen LogP contribution < -0.4 is 5.56 Å². The van der Waals surface area contributed by atoms with Crippen molar-refractivity contribution < 1.29 is 4.79 Å². The zero-order valence-corrected chi connectivity index (χ0v) is 15.6. The lowest BCUT2D eigenvalue weighted by Gasteiger charge is -2.32. The number of amides is 1. The highest BCUT2D eigenvalue weighted by Crippen LogP contribution is 2.26. The molecule has 0 unspecified atom stereocenters. The Balaban J connectivity index is 1.55. The third-order valence-corrected chi connectivity index (χ3v) is 5.03. The van der Waals surface area contributed by atoms with E-state index in [1.54, 1.807) is 0 Å². The number of aryl methyl sites for hydroxylation is 1. The van der Waals surface area contributed by atoms with Gasteiger partial charge in [-0.25, -0.2) is 4.98 Å². The summed E-state index contributed by atoms with van der Waals surface area (Å²) in [7, 11) is 0. The number of benzene rings is 1. The van der Waals surface area contributed by atoms with E-state index >= 15 is 0 Å². The first-order valence-corrected chi connectivity index (χ1v) is 9.35. The van der Waals surface area contributed by atoms with Gasteiger partial charge in [0.1, 0.15) is 0 Å². The molecule has 0 radical (unpaired) electrons. The van der Waals surface area contributed by atoms with Gasteiger partial charge in [0.05, 0.1) is 23.4 Å². The van der Waals surface area contributed by atoms with Crippen molar-refractivity contribution in [1.29, 1.82) is 0 Å². The number of carbonyl (C=O) groups excluding carboxylic acids is 1. The van der Waals surface area contributed by atoms with Crippen LogP contribution in [0.25, 0.3) is 11.3 Å². The second-order valence-electron chi connectivity index (χ2n) is 7.07. The van der Waals surface area contributed by atoms with E-state index in [-0.39, 0.29) is 17.4 Å². The fourth-order valence-electron chi connectivity index (χ4n) is 3.56. The van der Waals surface area contributed by atoms with Gasteiger partial charge in [-0.05, 0) is 44.0 Å². The number of aromatic amines is 1. The Morgan fingerprint density at radius 3 is 2.86 bits per heavy atom. The molecule has 4 rings (SSSR count). The number of aromatic nitrogens is 4. The Kier molecular flexibility index (Phi) is 4.97. The molecule has 3 aromatic rings. The van der Waals surface area contributed by atoms with Crippen molar-refractivity contribution in [2.24, 2.45) is 0 Å². The standard InChI is InChI=1S/C21H21N5O2/c1-14-7-8-18(25-24-14)15-4-2-5-16(10-15)21(28)26-9-3-6-17(12-26)19-11-20(27)23-13-22-19/h2,4-5,7-8,10-11,13,17H,3,6,9,12H2,1H3,(H,22,23,27)/t17-/m0/s1. The van der Waals surface area contributed by atoms with Crippen molar-refractivity contribution in [2.45, 2.75) is 25.7 Å². The van der Waals surface area contributed by atoms with Gasteiger partial charge in [-0.15, -0.1) is 0 Å². The van der Waals surface area contributed by atoms with Gasteiger partial charge in [0.2, 0.25) is 0 Å². The molecule has 1 aromatic carbocycles. The monoisotopic (exact) mass is 375 g/mol. The number of rotatable bonds is 3. The topological polar surface area (TPSA) is 91.8 Å². The molecule has 1 aliphatic heterocycles. The number of hydrogen-bond donors (Lipinski definition) is 1. The van der Waals surface area contributed by atoms with Gasteiger partial charge in [0.25, 0.3) is 11.5 Å². The first-order valence-electron chi connectivity index (χ1n) is 9.35. The van der Waals surface area contributed by atoms with Crippen LogP contribution in [0.1, 0.15) is 40.5 Å². The Bertz CT molecular complexity index is 1040. The molecule has 1 saturated heterocycles. The van der Waals surface area contributed by atoms with E-state index in [0.717, 1.165) is 35.5 Å². The summed E-state index contributed by atoms with van der Waals surface area (Å²) < 4.78 is 0. The highest BCUT2D eigenvalue weighted by Gasteiger charge is 2.26. The predicted octanol–water partition coefficient (Wildman–Crippen LogP) is 2.56. The summed E-state index contributed by atoms with van der Waals surface area (Å²) in [6.45, 7) is 3.15. The molecular formula is C21H21N5O2. The molecule has 1 atom stereocenters. The van der Waals surface area contributed by atoms with Crippen molar-refractivity contribution in [3.8, 4) is 11.3 Å². The van der Waals surface area contributed by atoms with E-state index in [1.165, 1.54) is 12.4 Å². The molecule has 0 spiro atoms. The number of nitrogens with zero attached hydrogens (tertiary/aromatic N) is 4. The minimum atomic E-state index is -0.166. The summed E-state index contributed by atoms with van der Waals surface area (Å²) in [6.07, 6.45) is 3.22. The van der Waals surface area contributed by atoms with E-state index in [9.17, 15) is 9.59 Å². The van der Waals surface area contributed by atoms with E-state index < -0.39 is 0 Å². The minimum absolute atomic E-state index is 0.0172. The number of piperidine rings is 1. The average Bonchev–Trinajstić information content (AvgIpc) is 2.74. The van der Waals surface area contributed by atoms with E-state index in [2.05, 4.69) is 20.2 Å². The lowest BCUT2D eigenvalue weighted by atomic mass is 9.94. The SMILES string of the molecule is Cc1ccc(-c2cccc(C(=O)N3CCC[C@H](c4cc(=O)[nH]cn4)C3)c2)nn1. The van der Waals surface area contributed by atoms with Crippen molar-refractivity contribution in [1.82, 2.24) is 25.1 Å². The molecule has 0 saturated carbocycles. The summed E-state index contributed by atoms with van der Waals surface area (Å²) in [5, 5.41) is 8.30. The molecule has 1 fully saturated rings. The van der Waals surface area contributed by atoms with Gasteiger partial charge in [0, 0.05) is 36.2 Å². The number of hydrogen-bond acceptors (Lipinski definition) is 5. The lowest BCUT2D eigenvalue weighted by molar-refractivity contribution is 0.0706. The average molecular weight is 375 g/mol. The third kappa shape index (κ3) is 3.83. The third-order valence-electron chi connectivity index (χ3n) is 5.03. The smallest absolute Gasteiger partial charge is 0.253 e. The van der Waals surface area contributed by atoms with Crippen molar-refractivity contribution >= 4 is 5.91 Å². The highest BCUT2D eigenvalue weighted by atomic mass is 16.2. The Morgan fingerprint density at radius 2 is 2.07 bits per heavy atom. The first kappa shape index (κ1) is 18.0. The lowest BCUT2D eigenvalue weighted by Crippen LogP contribution is -2.39. The van der Waals surface area contributed by atoms with Gasteiger partial charge in [0.15, 0.2) is 0 Å². The van der Waals surface area contributed by atoms with Crippen LogP contribution >= 0.6 is 0 Å². The van der Waals surface area contributed by atoms with Gasteiger partial charge in [-0.2, -0.15) is 10.2 Å². The largest absolute Gasteiger partial charge is 0.338 e. The van der Waals surface area contributed by atoms with Gasteiger partial charge < -0.3 is 9.88 Å². The van der Waals surface area contributed by atoms with Crippen LogP contribution in [0.5, 0.6) is 0 Å². The van der Waals surface area contributed by atoms with Crippen LogP contribution in [0.3, 0.4) is 0 Å². The molecule has 3 heterocycles. The Labute approximate surface area is 162 Å². The second kappa shape index (κ2) is 7.72. The summed E-state index contributed by atoms with van der Waals surface area (Å²) in [5.41, 5.74) is 3.65. The molecular weight excluding hydrogens is 354 g/mol. The van der Waals surface area contributed by atoms with Gasteiger partial charge in [-0.1, -0.05) is 12.1 Å². The minimum Gasteiger partial charge on any atom is -0.338 e. The molecule has 2 aromatic heterocycles. The van der Waals surface area contributed by atoms with Crippen molar-refractivity contribution in [3.63, 3.8) is 0 Å².